The molecular weight excluding hydrogens is 254 g/mol. The Morgan fingerprint density at radius 2 is 2.11 bits per heavy atom. The van der Waals surface area contributed by atoms with Crippen molar-refractivity contribution in [2.24, 2.45) is 0 Å². The van der Waals surface area contributed by atoms with Gasteiger partial charge < -0.3 is 5.32 Å². The van der Waals surface area contributed by atoms with Gasteiger partial charge in [-0.2, -0.15) is 0 Å². The summed E-state index contributed by atoms with van der Waals surface area (Å²) < 4.78 is 24.2. The first-order chi connectivity index (χ1) is 8.28. The van der Waals surface area contributed by atoms with Gasteiger partial charge in [0.2, 0.25) is 10.0 Å². The Hall–Kier alpha value is -1.47. The maximum Gasteiger partial charge on any atom is 0.251 e. The minimum atomic E-state index is -3.26. The van der Waals surface area contributed by atoms with Gasteiger partial charge in [-0.15, -0.1) is 0 Å². The monoisotopic (exact) mass is 271 g/mol. The van der Waals surface area contributed by atoms with Crippen molar-refractivity contribution in [3.8, 4) is 0 Å². The van der Waals surface area contributed by atoms with Crippen LogP contribution >= 0.6 is 0 Å². The Morgan fingerprint density at radius 1 is 1.44 bits per heavy atom. The zero-order chi connectivity index (χ0) is 13.8. The molecule has 0 bridgehead atoms. The van der Waals surface area contributed by atoms with E-state index in [4.69, 9.17) is 0 Å². The van der Waals surface area contributed by atoms with Crippen LogP contribution in [0.25, 0.3) is 0 Å². The molecule has 1 aromatic rings. The molecule has 1 amide bonds. The molecule has 7 heteroatoms. The van der Waals surface area contributed by atoms with Gasteiger partial charge in [-0.3, -0.25) is 9.78 Å². The first-order valence-corrected chi connectivity index (χ1v) is 7.37. The van der Waals surface area contributed by atoms with E-state index in [1.807, 2.05) is 13.8 Å². The highest BCUT2D eigenvalue weighted by molar-refractivity contribution is 7.88. The number of hydrogen-bond acceptors (Lipinski definition) is 4. The molecule has 0 saturated heterocycles. The van der Waals surface area contributed by atoms with Crippen LogP contribution in [0, 0.1) is 0 Å². The van der Waals surface area contributed by atoms with Crippen LogP contribution in [-0.2, 0) is 16.6 Å². The number of nitrogens with one attached hydrogen (secondary N) is 2. The second kappa shape index (κ2) is 5.92. The number of pyridine rings is 1. The Kier molecular flexibility index (Phi) is 4.80. The molecule has 2 N–H and O–H groups in total. The summed E-state index contributed by atoms with van der Waals surface area (Å²) in [5.41, 5.74) is 0.959. The molecule has 0 fully saturated rings. The van der Waals surface area contributed by atoms with Crippen LogP contribution in [0.5, 0.6) is 0 Å². The molecule has 1 aromatic heterocycles. The van der Waals surface area contributed by atoms with E-state index in [1.54, 1.807) is 12.1 Å². The van der Waals surface area contributed by atoms with E-state index in [2.05, 4.69) is 15.0 Å². The summed E-state index contributed by atoms with van der Waals surface area (Å²) in [5, 5.41) is 2.75. The lowest BCUT2D eigenvalue weighted by Gasteiger charge is -2.09. The molecule has 1 heterocycles. The van der Waals surface area contributed by atoms with Crippen molar-refractivity contribution in [2.45, 2.75) is 26.4 Å². The standard InChI is InChI=1S/C11H17N3O3S/c1-8(2)14-11(15)9-4-5-12-10(6-9)7-13-18(3,16)17/h4-6,8,13H,7H2,1-3H3,(H,14,15). The molecule has 0 saturated carbocycles. The topological polar surface area (TPSA) is 88.2 Å². The predicted molar refractivity (Wildman–Crippen MR) is 68.5 cm³/mol. The minimum Gasteiger partial charge on any atom is -0.350 e. The van der Waals surface area contributed by atoms with Crippen LogP contribution in [-0.4, -0.2) is 31.6 Å². The van der Waals surface area contributed by atoms with Gasteiger partial charge in [0.05, 0.1) is 18.5 Å². The summed E-state index contributed by atoms with van der Waals surface area (Å²) in [6.45, 7) is 3.80. The van der Waals surface area contributed by atoms with E-state index in [0.29, 0.717) is 11.3 Å². The van der Waals surface area contributed by atoms with Gasteiger partial charge in [0.25, 0.3) is 5.91 Å². The molecule has 0 unspecified atom stereocenters. The smallest absolute Gasteiger partial charge is 0.251 e. The van der Waals surface area contributed by atoms with Gasteiger partial charge in [0.15, 0.2) is 0 Å². The van der Waals surface area contributed by atoms with Gasteiger partial charge in [0.1, 0.15) is 0 Å². The summed E-state index contributed by atoms with van der Waals surface area (Å²) in [6.07, 6.45) is 2.55. The van der Waals surface area contributed by atoms with Crippen molar-refractivity contribution < 1.29 is 13.2 Å². The van der Waals surface area contributed by atoms with Crippen LogP contribution in [0.3, 0.4) is 0 Å². The third-order valence-electron chi connectivity index (χ3n) is 2.01. The molecule has 1 rings (SSSR count). The Balaban J connectivity index is 2.76. The van der Waals surface area contributed by atoms with Crippen molar-refractivity contribution in [3.63, 3.8) is 0 Å². The van der Waals surface area contributed by atoms with Crippen LogP contribution in [0.2, 0.25) is 0 Å². The summed E-state index contributed by atoms with van der Waals surface area (Å²) in [4.78, 5) is 15.7. The second-order valence-electron chi connectivity index (χ2n) is 4.26. The van der Waals surface area contributed by atoms with E-state index < -0.39 is 10.0 Å². The lowest BCUT2D eigenvalue weighted by Crippen LogP contribution is -2.30. The van der Waals surface area contributed by atoms with Crippen molar-refractivity contribution in [3.05, 3.63) is 29.6 Å². The third kappa shape index (κ3) is 5.24. The lowest BCUT2D eigenvalue weighted by molar-refractivity contribution is 0.0943. The molecule has 100 valence electrons. The van der Waals surface area contributed by atoms with Crippen molar-refractivity contribution in [2.75, 3.05) is 6.26 Å². The number of hydrogen-bond donors (Lipinski definition) is 2. The zero-order valence-electron chi connectivity index (χ0n) is 10.6. The number of carbonyl (C=O) groups excluding carboxylic acids is 1. The van der Waals surface area contributed by atoms with Gasteiger partial charge in [0, 0.05) is 17.8 Å². The molecule has 0 aliphatic heterocycles. The van der Waals surface area contributed by atoms with Gasteiger partial charge in [-0.25, -0.2) is 13.1 Å². The molecule has 0 spiro atoms. The van der Waals surface area contributed by atoms with Crippen LogP contribution in [0.4, 0.5) is 0 Å². The largest absolute Gasteiger partial charge is 0.350 e. The van der Waals surface area contributed by atoms with Gasteiger partial charge >= 0.3 is 0 Å². The summed E-state index contributed by atoms with van der Waals surface area (Å²) >= 11 is 0. The van der Waals surface area contributed by atoms with Gasteiger partial charge in [-0.1, -0.05) is 0 Å². The molecule has 0 aliphatic carbocycles. The summed E-state index contributed by atoms with van der Waals surface area (Å²) in [7, 11) is -3.26. The fraction of sp³-hybridized carbons (Fsp3) is 0.455. The van der Waals surface area contributed by atoms with E-state index in [-0.39, 0.29) is 18.5 Å². The van der Waals surface area contributed by atoms with Crippen LogP contribution < -0.4 is 10.0 Å². The third-order valence-corrected chi connectivity index (χ3v) is 2.68. The highest BCUT2D eigenvalue weighted by atomic mass is 32.2. The number of carbonyl (C=O) groups is 1. The number of rotatable bonds is 5. The molecule has 0 radical (unpaired) electrons. The highest BCUT2D eigenvalue weighted by Crippen LogP contribution is 2.02. The van der Waals surface area contributed by atoms with Gasteiger partial charge in [-0.05, 0) is 26.0 Å². The quantitative estimate of drug-likeness (QED) is 0.804. The maximum atomic E-state index is 11.7. The average molecular weight is 271 g/mol. The fourth-order valence-electron chi connectivity index (χ4n) is 1.27. The summed E-state index contributed by atoms with van der Waals surface area (Å²) in [6, 6.07) is 3.20. The predicted octanol–water partition coefficient (Wildman–Crippen LogP) is 0.269. The van der Waals surface area contributed by atoms with Crippen molar-refractivity contribution in [1.82, 2.24) is 15.0 Å². The highest BCUT2D eigenvalue weighted by Gasteiger charge is 2.09. The molecule has 18 heavy (non-hydrogen) atoms. The number of aromatic nitrogens is 1. The Morgan fingerprint density at radius 3 is 2.67 bits per heavy atom. The SMILES string of the molecule is CC(C)NC(=O)c1ccnc(CNS(C)(=O)=O)c1. The maximum absolute atomic E-state index is 11.7. The van der Waals surface area contributed by atoms with E-state index in [0.717, 1.165) is 6.26 Å². The first kappa shape index (κ1) is 14.6. The second-order valence-corrected chi connectivity index (χ2v) is 6.09. The Bertz CT molecular complexity index is 526. The molecule has 0 aromatic carbocycles. The summed E-state index contributed by atoms with van der Waals surface area (Å²) in [5.74, 6) is -0.201. The lowest BCUT2D eigenvalue weighted by atomic mass is 10.2. The van der Waals surface area contributed by atoms with E-state index in [9.17, 15) is 13.2 Å². The number of nitrogens with zero attached hydrogens (tertiary/aromatic N) is 1. The van der Waals surface area contributed by atoms with Crippen LogP contribution in [0.15, 0.2) is 18.3 Å². The average Bonchev–Trinajstić information content (AvgIpc) is 2.25. The molecule has 0 aliphatic rings. The number of amides is 1. The number of sulfonamides is 1. The van der Waals surface area contributed by atoms with Crippen LogP contribution in [0.1, 0.15) is 29.9 Å². The first-order valence-electron chi connectivity index (χ1n) is 5.48. The zero-order valence-corrected chi connectivity index (χ0v) is 11.4. The Labute approximate surface area is 107 Å². The normalized spacial score (nSPS) is 11.6. The molecule has 6 nitrogen and oxygen atoms in total. The molecular formula is C11H17N3O3S. The van der Waals surface area contributed by atoms with Crippen molar-refractivity contribution >= 4 is 15.9 Å². The van der Waals surface area contributed by atoms with E-state index in [1.165, 1.54) is 6.20 Å². The van der Waals surface area contributed by atoms with Crippen molar-refractivity contribution in [1.29, 1.82) is 0 Å². The van der Waals surface area contributed by atoms with E-state index >= 15 is 0 Å². The molecule has 0 atom stereocenters. The minimum absolute atomic E-state index is 0.0447. The fourth-order valence-corrected chi connectivity index (χ4v) is 1.68.